The van der Waals surface area contributed by atoms with E-state index >= 15 is 0 Å². The molecule has 5 amide bonds. The van der Waals surface area contributed by atoms with Crippen molar-refractivity contribution in [2.75, 3.05) is 52.4 Å². The molecule has 0 bridgehead atoms. The lowest BCUT2D eigenvalue weighted by atomic mass is 9.91. The number of carbonyl (C=O) groups excluding carboxylic acids is 4. The number of hydrogen-bond acceptors (Lipinski definition) is 5. The third-order valence-electron chi connectivity index (χ3n) is 6.99. The van der Waals surface area contributed by atoms with Crippen molar-refractivity contribution in [2.24, 2.45) is 0 Å². The van der Waals surface area contributed by atoms with Gasteiger partial charge in [0.25, 0.3) is 5.91 Å². The number of urea groups is 1. The number of amides is 5. The van der Waals surface area contributed by atoms with E-state index in [9.17, 15) is 19.2 Å². The molecule has 33 heavy (non-hydrogen) atoms. The molecule has 1 aromatic rings. The van der Waals surface area contributed by atoms with Crippen LogP contribution in [0.4, 0.5) is 4.79 Å². The average molecular weight is 456 g/mol. The SMILES string of the molecule is Cc1ccc(C2(C)NC(=O)N(CC(=O)N3CCN(CC(=O)N4CCCCC4)CC3)C2=O)cc1. The zero-order valence-electron chi connectivity index (χ0n) is 19.5. The number of aryl methyl sites for hydroxylation is 1. The van der Waals surface area contributed by atoms with Gasteiger partial charge in [-0.2, -0.15) is 0 Å². The summed E-state index contributed by atoms with van der Waals surface area (Å²) in [5.41, 5.74) is 0.565. The summed E-state index contributed by atoms with van der Waals surface area (Å²) in [6, 6.07) is 6.88. The van der Waals surface area contributed by atoms with Crippen molar-refractivity contribution in [3.8, 4) is 0 Å². The number of piperazine rings is 1. The topological polar surface area (TPSA) is 93.3 Å². The van der Waals surface area contributed by atoms with Crippen LogP contribution >= 0.6 is 0 Å². The molecule has 0 saturated carbocycles. The number of nitrogens with one attached hydrogen (secondary N) is 1. The van der Waals surface area contributed by atoms with Gasteiger partial charge in [0.05, 0.1) is 6.54 Å². The van der Waals surface area contributed by atoms with Crippen molar-refractivity contribution in [2.45, 2.75) is 38.6 Å². The van der Waals surface area contributed by atoms with Crippen LogP contribution < -0.4 is 5.32 Å². The first-order chi connectivity index (χ1) is 15.8. The van der Waals surface area contributed by atoms with Crippen molar-refractivity contribution in [3.05, 3.63) is 35.4 Å². The van der Waals surface area contributed by atoms with E-state index in [0.717, 1.165) is 36.4 Å². The highest BCUT2D eigenvalue weighted by Gasteiger charge is 2.49. The molecule has 0 spiro atoms. The Balaban J connectivity index is 1.30. The number of benzene rings is 1. The van der Waals surface area contributed by atoms with E-state index in [4.69, 9.17) is 0 Å². The second-order valence-electron chi connectivity index (χ2n) is 9.41. The van der Waals surface area contributed by atoms with Gasteiger partial charge in [-0.05, 0) is 38.7 Å². The van der Waals surface area contributed by atoms with Crippen LogP contribution in [0.25, 0.3) is 0 Å². The second-order valence-corrected chi connectivity index (χ2v) is 9.41. The highest BCUT2D eigenvalue weighted by atomic mass is 16.2. The van der Waals surface area contributed by atoms with E-state index in [0.29, 0.717) is 38.3 Å². The summed E-state index contributed by atoms with van der Waals surface area (Å²) in [6.45, 7) is 7.56. The number of likely N-dealkylation sites (tertiary alicyclic amines) is 1. The molecule has 1 unspecified atom stereocenters. The highest BCUT2D eigenvalue weighted by Crippen LogP contribution is 2.29. The molecule has 3 saturated heterocycles. The third kappa shape index (κ3) is 4.88. The van der Waals surface area contributed by atoms with Crippen molar-refractivity contribution in [1.82, 2.24) is 24.9 Å². The molecule has 3 aliphatic heterocycles. The molecular formula is C24H33N5O4. The summed E-state index contributed by atoms with van der Waals surface area (Å²) in [4.78, 5) is 57.7. The van der Waals surface area contributed by atoms with Gasteiger partial charge in [-0.15, -0.1) is 0 Å². The zero-order valence-corrected chi connectivity index (χ0v) is 19.5. The monoisotopic (exact) mass is 455 g/mol. The van der Waals surface area contributed by atoms with Gasteiger partial charge in [-0.25, -0.2) is 4.79 Å². The Labute approximate surface area is 194 Å². The number of nitrogens with zero attached hydrogens (tertiary/aromatic N) is 4. The van der Waals surface area contributed by atoms with Crippen molar-refractivity contribution in [1.29, 1.82) is 0 Å². The molecule has 4 rings (SSSR count). The maximum atomic E-state index is 13.1. The van der Waals surface area contributed by atoms with Crippen LogP contribution in [0.2, 0.25) is 0 Å². The molecule has 9 heteroatoms. The molecule has 0 radical (unpaired) electrons. The minimum absolute atomic E-state index is 0.157. The molecule has 0 aromatic heterocycles. The van der Waals surface area contributed by atoms with Crippen LogP contribution in [0, 0.1) is 6.92 Å². The van der Waals surface area contributed by atoms with E-state index in [-0.39, 0.29) is 18.4 Å². The summed E-state index contributed by atoms with van der Waals surface area (Å²) in [5, 5.41) is 2.75. The summed E-state index contributed by atoms with van der Waals surface area (Å²) >= 11 is 0. The Morgan fingerprint density at radius 1 is 0.848 bits per heavy atom. The van der Waals surface area contributed by atoms with Gasteiger partial charge in [0.1, 0.15) is 12.1 Å². The van der Waals surface area contributed by atoms with E-state index in [1.54, 1.807) is 11.8 Å². The standard InChI is InChI=1S/C24H33N5O4/c1-18-6-8-19(9-7-18)24(2)22(32)29(23(33)25-24)17-21(31)28-14-12-26(13-15-28)16-20(30)27-10-4-3-5-11-27/h6-9H,3-5,10-17H2,1-2H3,(H,25,33). The smallest absolute Gasteiger partial charge is 0.325 e. The highest BCUT2D eigenvalue weighted by molar-refractivity contribution is 6.09. The maximum absolute atomic E-state index is 13.1. The number of rotatable bonds is 5. The second kappa shape index (κ2) is 9.51. The fourth-order valence-electron chi connectivity index (χ4n) is 4.75. The van der Waals surface area contributed by atoms with Crippen LogP contribution in [0.5, 0.6) is 0 Å². The lowest BCUT2D eigenvalue weighted by Gasteiger charge is -2.36. The van der Waals surface area contributed by atoms with Crippen LogP contribution in [-0.4, -0.2) is 95.7 Å². The van der Waals surface area contributed by atoms with Gasteiger partial charge in [-0.1, -0.05) is 29.8 Å². The normalized spacial score (nSPS) is 24.2. The first-order valence-electron chi connectivity index (χ1n) is 11.8. The molecule has 1 aromatic carbocycles. The number of hydrogen-bond donors (Lipinski definition) is 1. The summed E-state index contributed by atoms with van der Waals surface area (Å²) in [5.74, 6) is -0.520. The first-order valence-corrected chi connectivity index (χ1v) is 11.8. The van der Waals surface area contributed by atoms with Crippen LogP contribution in [-0.2, 0) is 19.9 Å². The maximum Gasteiger partial charge on any atom is 0.325 e. The fraction of sp³-hybridized carbons (Fsp3) is 0.583. The van der Waals surface area contributed by atoms with E-state index in [1.165, 1.54) is 6.42 Å². The number of imide groups is 1. The summed E-state index contributed by atoms with van der Waals surface area (Å²) < 4.78 is 0. The minimum Gasteiger partial charge on any atom is -0.342 e. The van der Waals surface area contributed by atoms with Gasteiger partial charge in [-0.3, -0.25) is 24.2 Å². The fourth-order valence-corrected chi connectivity index (χ4v) is 4.75. The first kappa shape index (κ1) is 23.2. The number of piperidine rings is 1. The van der Waals surface area contributed by atoms with Gasteiger partial charge in [0.15, 0.2) is 0 Å². The van der Waals surface area contributed by atoms with Crippen molar-refractivity contribution < 1.29 is 19.2 Å². The molecule has 3 aliphatic rings. The predicted molar refractivity (Wildman–Crippen MR) is 122 cm³/mol. The summed E-state index contributed by atoms with van der Waals surface area (Å²) in [6.07, 6.45) is 3.33. The Bertz CT molecular complexity index is 919. The number of carbonyl (C=O) groups is 4. The lowest BCUT2D eigenvalue weighted by Crippen LogP contribution is -2.54. The summed E-state index contributed by atoms with van der Waals surface area (Å²) in [7, 11) is 0. The third-order valence-corrected chi connectivity index (χ3v) is 6.99. The molecule has 0 aliphatic carbocycles. The van der Waals surface area contributed by atoms with Crippen LogP contribution in [0.3, 0.4) is 0 Å². The molecule has 9 nitrogen and oxygen atoms in total. The minimum atomic E-state index is -1.18. The Kier molecular flexibility index (Phi) is 6.69. The Morgan fingerprint density at radius 3 is 2.06 bits per heavy atom. The van der Waals surface area contributed by atoms with Gasteiger partial charge >= 0.3 is 6.03 Å². The largest absolute Gasteiger partial charge is 0.342 e. The van der Waals surface area contributed by atoms with E-state index < -0.39 is 17.5 Å². The van der Waals surface area contributed by atoms with Crippen molar-refractivity contribution in [3.63, 3.8) is 0 Å². The van der Waals surface area contributed by atoms with Gasteiger partial charge in [0.2, 0.25) is 11.8 Å². The quantitative estimate of drug-likeness (QED) is 0.667. The molecule has 3 heterocycles. The Hall–Kier alpha value is -2.94. The Morgan fingerprint density at radius 2 is 1.42 bits per heavy atom. The average Bonchev–Trinajstić information content (AvgIpc) is 3.04. The lowest BCUT2D eigenvalue weighted by molar-refractivity contribution is -0.140. The zero-order chi connectivity index (χ0) is 23.6. The van der Waals surface area contributed by atoms with Crippen LogP contribution in [0.15, 0.2) is 24.3 Å². The van der Waals surface area contributed by atoms with E-state index in [2.05, 4.69) is 10.2 Å². The molecule has 3 fully saturated rings. The van der Waals surface area contributed by atoms with Gasteiger partial charge < -0.3 is 15.1 Å². The van der Waals surface area contributed by atoms with Gasteiger partial charge in [0, 0.05) is 39.3 Å². The molecule has 1 N–H and O–H groups in total. The van der Waals surface area contributed by atoms with Crippen LogP contribution in [0.1, 0.15) is 37.3 Å². The molecular weight excluding hydrogens is 422 g/mol. The van der Waals surface area contributed by atoms with E-state index in [1.807, 2.05) is 36.1 Å². The van der Waals surface area contributed by atoms with Crippen molar-refractivity contribution >= 4 is 23.8 Å². The predicted octanol–water partition coefficient (Wildman–Crippen LogP) is 0.919. The molecule has 1 atom stereocenters. The molecule has 178 valence electrons.